The zero-order valence-corrected chi connectivity index (χ0v) is 19.7. The molecule has 1 aliphatic heterocycles. The molecule has 1 amide bonds. The lowest BCUT2D eigenvalue weighted by molar-refractivity contribution is 0.0537. The molecular weight excluding hydrogens is 408 g/mol. The van der Waals surface area contributed by atoms with E-state index < -0.39 is 0 Å². The zero-order chi connectivity index (χ0) is 23.3. The summed E-state index contributed by atoms with van der Waals surface area (Å²) in [4.78, 5) is 32.8. The zero-order valence-electron chi connectivity index (χ0n) is 19.7. The van der Waals surface area contributed by atoms with E-state index in [-0.39, 0.29) is 17.4 Å². The van der Waals surface area contributed by atoms with Crippen molar-refractivity contribution in [1.82, 2.24) is 25.7 Å². The lowest BCUT2D eigenvalue weighted by atomic mass is 9.96. The van der Waals surface area contributed by atoms with Gasteiger partial charge in [0.05, 0.1) is 7.11 Å². The molecule has 0 aliphatic carbocycles. The Morgan fingerprint density at radius 2 is 2.00 bits per heavy atom. The van der Waals surface area contributed by atoms with E-state index in [0.29, 0.717) is 23.4 Å². The first-order valence-corrected chi connectivity index (χ1v) is 10.8. The second kappa shape index (κ2) is 10.1. The van der Waals surface area contributed by atoms with Crippen LogP contribution in [0.4, 0.5) is 23.5 Å². The van der Waals surface area contributed by atoms with Crippen LogP contribution in [0.25, 0.3) is 0 Å². The fourth-order valence-electron chi connectivity index (χ4n) is 3.57. The second-order valence-electron chi connectivity index (χ2n) is 9.32. The fourth-order valence-corrected chi connectivity index (χ4v) is 3.57. The summed E-state index contributed by atoms with van der Waals surface area (Å²) in [6.45, 7) is 11.1. The first-order valence-electron chi connectivity index (χ1n) is 10.8. The van der Waals surface area contributed by atoms with Gasteiger partial charge in [-0.15, -0.1) is 0 Å². The highest BCUT2D eigenvalue weighted by molar-refractivity contribution is 5.94. The summed E-state index contributed by atoms with van der Waals surface area (Å²) in [6.07, 6.45) is 1.01. The number of aryl methyl sites for hydroxylation is 1. The van der Waals surface area contributed by atoms with Crippen LogP contribution in [0.15, 0.2) is 18.2 Å². The molecule has 1 atom stereocenters. The van der Waals surface area contributed by atoms with Crippen molar-refractivity contribution in [3.05, 3.63) is 29.3 Å². The van der Waals surface area contributed by atoms with Gasteiger partial charge in [-0.3, -0.25) is 9.63 Å². The van der Waals surface area contributed by atoms with E-state index in [1.807, 2.05) is 24.9 Å². The Hall–Kier alpha value is -2.98. The Morgan fingerprint density at radius 1 is 1.25 bits per heavy atom. The van der Waals surface area contributed by atoms with E-state index >= 15 is 0 Å². The number of amides is 1. The second-order valence-corrected chi connectivity index (χ2v) is 9.32. The van der Waals surface area contributed by atoms with Crippen molar-refractivity contribution >= 4 is 29.4 Å². The molecule has 2 aromatic rings. The molecule has 1 aromatic carbocycles. The minimum Gasteiger partial charge on any atom is -0.350 e. The third kappa shape index (κ3) is 6.51. The van der Waals surface area contributed by atoms with Gasteiger partial charge in [0, 0.05) is 37.4 Å². The number of nitrogens with one attached hydrogen (secondary N) is 4. The monoisotopic (exact) mass is 442 g/mol. The number of carbonyl (C=O) groups excluding carboxylic acids is 1. The molecule has 4 N–H and O–H groups in total. The van der Waals surface area contributed by atoms with Crippen molar-refractivity contribution in [2.24, 2.45) is 5.41 Å². The number of hydrogen-bond donors (Lipinski definition) is 4. The molecule has 0 radical (unpaired) electrons. The number of carbonyl (C=O) groups is 1. The highest BCUT2D eigenvalue weighted by Gasteiger charge is 2.20. The van der Waals surface area contributed by atoms with Crippen molar-refractivity contribution in [1.29, 1.82) is 0 Å². The van der Waals surface area contributed by atoms with Gasteiger partial charge in [0.2, 0.25) is 17.8 Å². The SMILES string of the molecule is CONC(=O)c1ccc(C)c(Nc2nc(N[C@H]3CCNC3)nc(N(C)CC(C)(C)C)n2)c1. The molecule has 1 saturated heterocycles. The number of benzene rings is 1. The van der Waals surface area contributed by atoms with Gasteiger partial charge in [-0.1, -0.05) is 26.8 Å². The number of hydrogen-bond acceptors (Lipinski definition) is 9. The van der Waals surface area contributed by atoms with E-state index in [2.05, 4.69) is 57.2 Å². The van der Waals surface area contributed by atoms with E-state index in [1.54, 1.807) is 12.1 Å². The van der Waals surface area contributed by atoms with Crippen LogP contribution in [0.3, 0.4) is 0 Å². The minimum atomic E-state index is -0.326. The van der Waals surface area contributed by atoms with Gasteiger partial charge in [-0.05, 0) is 43.0 Å². The van der Waals surface area contributed by atoms with Gasteiger partial charge in [-0.25, -0.2) is 5.48 Å². The quantitative estimate of drug-likeness (QED) is 0.457. The summed E-state index contributed by atoms with van der Waals surface area (Å²) in [5.41, 5.74) is 4.58. The van der Waals surface area contributed by atoms with Crippen molar-refractivity contribution < 1.29 is 9.63 Å². The summed E-state index contributed by atoms with van der Waals surface area (Å²) >= 11 is 0. The van der Waals surface area contributed by atoms with E-state index in [0.717, 1.165) is 37.3 Å². The Kier molecular flexibility index (Phi) is 7.47. The van der Waals surface area contributed by atoms with Crippen LogP contribution in [-0.4, -0.2) is 60.7 Å². The number of aromatic nitrogens is 3. The van der Waals surface area contributed by atoms with Gasteiger partial charge in [-0.2, -0.15) is 15.0 Å². The largest absolute Gasteiger partial charge is 0.350 e. The van der Waals surface area contributed by atoms with Gasteiger partial charge in [0.25, 0.3) is 5.91 Å². The third-order valence-corrected chi connectivity index (χ3v) is 5.01. The van der Waals surface area contributed by atoms with Crippen LogP contribution >= 0.6 is 0 Å². The molecule has 3 rings (SSSR count). The predicted molar refractivity (Wildman–Crippen MR) is 126 cm³/mol. The molecule has 0 spiro atoms. The maximum absolute atomic E-state index is 12.2. The molecule has 1 aromatic heterocycles. The van der Waals surface area contributed by atoms with Crippen LogP contribution in [0.2, 0.25) is 0 Å². The summed E-state index contributed by atoms with van der Waals surface area (Å²) in [5.74, 6) is 1.19. The fraction of sp³-hybridized carbons (Fsp3) is 0.545. The number of hydroxylamine groups is 1. The van der Waals surface area contributed by atoms with Gasteiger partial charge >= 0.3 is 0 Å². The molecule has 0 bridgehead atoms. The molecule has 0 unspecified atom stereocenters. The molecule has 1 fully saturated rings. The normalized spacial score (nSPS) is 16.0. The molecule has 2 heterocycles. The van der Waals surface area contributed by atoms with Gasteiger partial charge in [0.1, 0.15) is 0 Å². The molecule has 10 nitrogen and oxygen atoms in total. The maximum atomic E-state index is 12.2. The van der Waals surface area contributed by atoms with E-state index in [4.69, 9.17) is 4.84 Å². The summed E-state index contributed by atoms with van der Waals surface area (Å²) in [6, 6.07) is 5.63. The molecule has 10 heteroatoms. The highest BCUT2D eigenvalue weighted by atomic mass is 16.6. The Morgan fingerprint density at radius 3 is 2.66 bits per heavy atom. The van der Waals surface area contributed by atoms with Crippen molar-refractivity contribution in [3.63, 3.8) is 0 Å². The first kappa shape index (κ1) is 23.7. The molecule has 174 valence electrons. The Bertz CT molecular complexity index is 938. The Balaban J connectivity index is 1.91. The summed E-state index contributed by atoms with van der Waals surface area (Å²) in [7, 11) is 3.38. The van der Waals surface area contributed by atoms with Crippen LogP contribution in [0.5, 0.6) is 0 Å². The topological polar surface area (TPSA) is 116 Å². The summed E-state index contributed by atoms with van der Waals surface area (Å²) in [5, 5.41) is 10.0. The number of rotatable bonds is 8. The molecule has 1 aliphatic rings. The highest BCUT2D eigenvalue weighted by Crippen LogP contribution is 2.24. The van der Waals surface area contributed by atoms with E-state index in [1.165, 1.54) is 7.11 Å². The predicted octanol–water partition coefficient (Wildman–Crippen LogP) is 2.47. The van der Waals surface area contributed by atoms with Crippen LogP contribution in [-0.2, 0) is 4.84 Å². The molecular formula is C22H34N8O2. The maximum Gasteiger partial charge on any atom is 0.274 e. The number of anilines is 4. The third-order valence-electron chi connectivity index (χ3n) is 5.01. The smallest absolute Gasteiger partial charge is 0.274 e. The van der Waals surface area contributed by atoms with Crippen molar-refractivity contribution in [2.75, 3.05) is 49.3 Å². The van der Waals surface area contributed by atoms with Crippen LogP contribution < -0.4 is 26.3 Å². The van der Waals surface area contributed by atoms with Gasteiger partial charge < -0.3 is 20.9 Å². The summed E-state index contributed by atoms with van der Waals surface area (Å²) < 4.78 is 0. The van der Waals surface area contributed by atoms with Gasteiger partial charge in [0.15, 0.2) is 0 Å². The Labute approximate surface area is 189 Å². The average molecular weight is 443 g/mol. The lowest BCUT2D eigenvalue weighted by Crippen LogP contribution is -2.31. The average Bonchev–Trinajstić information content (AvgIpc) is 3.21. The lowest BCUT2D eigenvalue weighted by Gasteiger charge is -2.27. The van der Waals surface area contributed by atoms with Crippen molar-refractivity contribution in [2.45, 2.75) is 40.2 Å². The van der Waals surface area contributed by atoms with Crippen molar-refractivity contribution in [3.8, 4) is 0 Å². The van der Waals surface area contributed by atoms with Crippen LogP contribution in [0.1, 0.15) is 43.1 Å². The first-order chi connectivity index (χ1) is 15.1. The van der Waals surface area contributed by atoms with E-state index in [9.17, 15) is 4.79 Å². The minimum absolute atomic E-state index is 0.0809. The molecule has 32 heavy (non-hydrogen) atoms. The standard InChI is InChI=1S/C22H34N8O2/c1-14-7-8-15(18(31)29-32-6)11-17(14)25-20-26-19(24-16-9-10-23-12-16)27-21(28-20)30(5)13-22(2,3)4/h7-8,11,16,23H,9-10,12-13H2,1-6H3,(H,29,31)(H2,24,25,26,27,28)/t16-/m0/s1. The molecule has 0 saturated carbocycles. The number of nitrogens with zero attached hydrogens (tertiary/aromatic N) is 4. The van der Waals surface area contributed by atoms with Crippen LogP contribution in [0, 0.1) is 12.3 Å².